The largest absolute Gasteiger partial charge is 0.458 e. The number of carbonyl (C=O) groups excluding carboxylic acids is 2. The second-order valence-electron chi connectivity index (χ2n) is 7.77. The second-order valence-corrected chi connectivity index (χ2v) is 8.13. The molecule has 0 radical (unpaired) electrons. The van der Waals surface area contributed by atoms with E-state index in [1.807, 2.05) is 24.3 Å². The number of alkyl carbamates (subject to hydrolysis) is 1. The van der Waals surface area contributed by atoms with Crippen molar-refractivity contribution in [1.82, 2.24) is 5.32 Å². The summed E-state index contributed by atoms with van der Waals surface area (Å²) in [7, 11) is 0. The summed E-state index contributed by atoms with van der Waals surface area (Å²) in [6.45, 7) is 5.45. The van der Waals surface area contributed by atoms with E-state index in [-0.39, 0.29) is 12.4 Å². The molecule has 0 saturated carbocycles. The second kappa shape index (κ2) is 8.27. The van der Waals surface area contributed by atoms with E-state index in [9.17, 15) is 9.59 Å². The zero-order chi connectivity index (χ0) is 20.3. The molecule has 6 heteroatoms. The van der Waals surface area contributed by atoms with Crippen LogP contribution in [0.2, 0.25) is 0 Å². The molecule has 3 rings (SSSR count). The summed E-state index contributed by atoms with van der Waals surface area (Å²) in [4.78, 5) is 24.3. The van der Waals surface area contributed by atoms with E-state index in [1.165, 1.54) is 22.3 Å². The minimum Gasteiger partial charge on any atom is -0.458 e. The highest BCUT2D eigenvalue weighted by molar-refractivity contribution is 7.80. The van der Waals surface area contributed by atoms with Crippen LogP contribution in [0.4, 0.5) is 4.79 Å². The van der Waals surface area contributed by atoms with E-state index in [0.29, 0.717) is 0 Å². The highest BCUT2D eigenvalue weighted by Crippen LogP contribution is 2.38. The fourth-order valence-corrected chi connectivity index (χ4v) is 3.48. The lowest BCUT2D eigenvalue weighted by molar-refractivity contribution is -0.156. The van der Waals surface area contributed by atoms with Gasteiger partial charge in [0.1, 0.15) is 18.2 Å². The van der Waals surface area contributed by atoms with Crippen molar-refractivity contribution in [1.29, 1.82) is 0 Å². The number of hydrogen-bond donors (Lipinski definition) is 2. The Hall–Kier alpha value is -2.47. The van der Waals surface area contributed by atoms with Gasteiger partial charge in [0.25, 0.3) is 0 Å². The molecule has 28 heavy (non-hydrogen) atoms. The molecular formula is C22H25NO4S. The van der Waals surface area contributed by atoms with Crippen molar-refractivity contribution in [3.63, 3.8) is 0 Å². The molecule has 1 amide bonds. The summed E-state index contributed by atoms with van der Waals surface area (Å²) in [6, 6.07) is 13.4. The van der Waals surface area contributed by atoms with Crippen LogP contribution in [0.25, 0.3) is 11.1 Å². The molecule has 5 nitrogen and oxygen atoms in total. The average molecular weight is 400 g/mol. The molecule has 1 aliphatic carbocycles. The molecule has 1 atom stereocenters. The predicted octanol–water partition coefficient (Wildman–Crippen LogP) is 4.12. The standard InChI is InChI=1S/C22H25NO4S/c1-22(2,3)27-20(24)19(13-28)23-21(25)26-12-15-8-6-10-17-16-9-5-4-7-14(16)11-18(15)17/h4-10,19,28H,11-13H2,1-3H3,(H,23,25)/t19-/m0/s1. The maximum atomic E-state index is 12.2. The highest BCUT2D eigenvalue weighted by atomic mass is 32.1. The smallest absolute Gasteiger partial charge is 0.408 e. The number of fused-ring (bicyclic) bond motifs is 3. The first-order chi connectivity index (χ1) is 13.3. The molecule has 0 spiro atoms. The molecule has 2 aromatic rings. The van der Waals surface area contributed by atoms with Gasteiger partial charge in [-0.2, -0.15) is 12.6 Å². The molecular weight excluding hydrogens is 374 g/mol. The molecule has 2 aromatic carbocycles. The first-order valence-corrected chi connectivity index (χ1v) is 9.88. The number of ether oxygens (including phenoxy) is 2. The molecule has 1 N–H and O–H groups in total. The number of rotatable bonds is 5. The van der Waals surface area contributed by atoms with Crippen molar-refractivity contribution >= 4 is 24.7 Å². The molecule has 0 aliphatic heterocycles. The van der Waals surface area contributed by atoms with Crippen molar-refractivity contribution < 1.29 is 19.1 Å². The monoisotopic (exact) mass is 399 g/mol. The Morgan fingerprint density at radius 3 is 2.54 bits per heavy atom. The summed E-state index contributed by atoms with van der Waals surface area (Å²) >= 11 is 4.13. The van der Waals surface area contributed by atoms with E-state index in [1.54, 1.807) is 20.8 Å². The van der Waals surface area contributed by atoms with Crippen LogP contribution in [0.3, 0.4) is 0 Å². The van der Waals surface area contributed by atoms with Gasteiger partial charge in [0, 0.05) is 5.75 Å². The summed E-state index contributed by atoms with van der Waals surface area (Å²) in [6.07, 6.45) is 0.155. The van der Waals surface area contributed by atoms with Crippen LogP contribution < -0.4 is 5.32 Å². The van der Waals surface area contributed by atoms with Gasteiger partial charge in [-0.25, -0.2) is 9.59 Å². The lowest BCUT2D eigenvalue weighted by Gasteiger charge is -2.23. The molecule has 1 aliphatic rings. The molecule has 0 fully saturated rings. The highest BCUT2D eigenvalue weighted by Gasteiger charge is 2.26. The first-order valence-electron chi connectivity index (χ1n) is 9.24. The Morgan fingerprint density at radius 1 is 1.11 bits per heavy atom. The zero-order valence-electron chi connectivity index (χ0n) is 16.3. The average Bonchev–Trinajstić information content (AvgIpc) is 3.02. The van der Waals surface area contributed by atoms with Gasteiger partial charge >= 0.3 is 12.1 Å². The predicted molar refractivity (Wildman–Crippen MR) is 111 cm³/mol. The molecule has 148 valence electrons. The van der Waals surface area contributed by atoms with Gasteiger partial charge in [-0.3, -0.25) is 0 Å². The van der Waals surface area contributed by atoms with Gasteiger partial charge in [0.05, 0.1) is 0 Å². The van der Waals surface area contributed by atoms with Crippen LogP contribution in [0, 0.1) is 0 Å². The minimum atomic E-state index is -0.860. The van der Waals surface area contributed by atoms with Crippen molar-refractivity contribution in [3.8, 4) is 11.1 Å². The van der Waals surface area contributed by atoms with Crippen molar-refractivity contribution in [3.05, 3.63) is 59.2 Å². The van der Waals surface area contributed by atoms with Crippen LogP contribution in [0.15, 0.2) is 42.5 Å². The Morgan fingerprint density at radius 2 is 1.82 bits per heavy atom. The first kappa shape index (κ1) is 20.3. The van der Waals surface area contributed by atoms with Crippen LogP contribution in [-0.4, -0.2) is 29.5 Å². The summed E-state index contributed by atoms with van der Waals surface area (Å²) in [5, 5.41) is 2.53. The molecule has 0 aromatic heterocycles. The fourth-order valence-electron chi connectivity index (χ4n) is 3.24. The SMILES string of the molecule is CC(C)(C)OC(=O)[C@H](CS)NC(=O)OCc1cccc2c1Cc1ccccc1-2. The topological polar surface area (TPSA) is 64.6 Å². The van der Waals surface area contributed by atoms with Gasteiger partial charge < -0.3 is 14.8 Å². The Labute approximate surface area is 170 Å². The molecule has 0 bridgehead atoms. The number of amides is 1. The van der Waals surface area contributed by atoms with Gasteiger partial charge in [-0.15, -0.1) is 0 Å². The summed E-state index contributed by atoms with van der Waals surface area (Å²) < 4.78 is 10.7. The quantitative estimate of drug-likeness (QED) is 0.500. The van der Waals surface area contributed by atoms with E-state index in [0.717, 1.165) is 12.0 Å². The number of benzene rings is 2. The summed E-state index contributed by atoms with van der Waals surface area (Å²) in [5.74, 6) is -0.407. The van der Waals surface area contributed by atoms with Crippen LogP contribution in [0.5, 0.6) is 0 Å². The third-order valence-corrected chi connectivity index (χ3v) is 4.84. The van der Waals surface area contributed by atoms with Gasteiger partial charge in [-0.1, -0.05) is 42.5 Å². The van der Waals surface area contributed by atoms with E-state index >= 15 is 0 Å². The number of thiol groups is 1. The maximum absolute atomic E-state index is 12.2. The van der Waals surface area contributed by atoms with E-state index in [2.05, 4.69) is 36.1 Å². The van der Waals surface area contributed by atoms with Gasteiger partial charge in [0.2, 0.25) is 0 Å². The van der Waals surface area contributed by atoms with Gasteiger partial charge in [-0.05, 0) is 55.0 Å². The van der Waals surface area contributed by atoms with E-state index < -0.39 is 23.7 Å². The van der Waals surface area contributed by atoms with Crippen LogP contribution >= 0.6 is 12.6 Å². The number of nitrogens with one attached hydrogen (secondary N) is 1. The minimum absolute atomic E-state index is 0.125. The molecule has 0 heterocycles. The van der Waals surface area contributed by atoms with Crippen molar-refractivity contribution in [2.24, 2.45) is 0 Å². The third-order valence-electron chi connectivity index (χ3n) is 4.47. The normalized spacial score (nSPS) is 13.3. The fraction of sp³-hybridized carbons (Fsp3) is 0.364. The van der Waals surface area contributed by atoms with Gasteiger partial charge in [0.15, 0.2) is 0 Å². The summed E-state index contributed by atoms with van der Waals surface area (Å²) in [5.41, 5.74) is 5.18. The lowest BCUT2D eigenvalue weighted by Crippen LogP contribution is -2.45. The lowest BCUT2D eigenvalue weighted by atomic mass is 10.0. The van der Waals surface area contributed by atoms with E-state index in [4.69, 9.17) is 9.47 Å². The molecule has 0 saturated heterocycles. The Kier molecular flexibility index (Phi) is 5.98. The maximum Gasteiger partial charge on any atom is 0.408 e. The van der Waals surface area contributed by atoms with Crippen molar-refractivity contribution in [2.45, 2.75) is 45.4 Å². The Balaban J connectivity index is 1.62. The van der Waals surface area contributed by atoms with Crippen LogP contribution in [-0.2, 0) is 27.3 Å². The van der Waals surface area contributed by atoms with Crippen molar-refractivity contribution in [2.75, 3.05) is 5.75 Å². The van der Waals surface area contributed by atoms with Crippen LogP contribution in [0.1, 0.15) is 37.5 Å². The third kappa shape index (κ3) is 4.68. The molecule has 0 unspecified atom stereocenters. The Bertz CT molecular complexity index is 888. The number of esters is 1. The zero-order valence-corrected chi connectivity index (χ0v) is 17.2. The number of hydrogen-bond acceptors (Lipinski definition) is 5. The number of carbonyl (C=O) groups is 2.